The monoisotopic (exact) mass is 156 g/mol. The summed E-state index contributed by atoms with van der Waals surface area (Å²) in [5.41, 5.74) is 4.73. The Balaban J connectivity index is 3.15. The maximum Gasteiger partial charge on any atom is 0.287 e. The third-order valence-electron chi connectivity index (χ3n) is 1.27. The zero-order chi connectivity index (χ0) is 8.43. The van der Waals surface area contributed by atoms with Gasteiger partial charge in [-0.1, -0.05) is 0 Å². The van der Waals surface area contributed by atoms with E-state index in [1.165, 1.54) is 7.05 Å². The van der Waals surface area contributed by atoms with Gasteiger partial charge in [-0.25, -0.2) is 0 Å². The van der Waals surface area contributed by atoms with Crippen LogP contribution in [0, 0.1) is 0 Å². The lowest BCUT2D eigenvalue weighted by atomic mass is 10.3. The molecule has 0 atom stereocenters. The second kappa shape index (κ2) is 2.49. The zero-order valence-corrected chi connectivity index (χ0v) is 5.89. The number of nitrogens with two attached hydrogens (primary N) is 1. The van der Waals surface area contributed by atoms with Crippen LogP contribution < -0.4 is 16.6 Å². The molecule has 0 aromatic carbocycles. The average molecular weight is 156 g/mol. The van der Waals surface area contributed by atoms with Gasteiger partial charge in [-0.05, 0) is 0 Å². The Hall–Kier alpha value is -1.72. The molecule has 0 bridgehead atoms. The Morgan fingerprint density at radius 2 is 2.18 bits per heavy atom. The molecule has 1 heterocycles. The highest BCUT2D eigenvalue weighted by atomic mass is 16.2. The summed E-state index contributed by atoms with van der Waals surface area (Å²) in [5, 5.41) is 6.86. The standard InChI is InChI=1S/C5H8N4O2/c1-7-5(11)3-2(6)4(10)9-8-3/h6H2,1H3,(H,7,11)(H2,8,9,10). The number of aromatic nitrogens is 2. The van der Waals surface area contributed by atoms with E-state index in [9.17, 15) is 9.59 Å². The molecule has 60 valence electrons. The lowest BCUT2D eigenvalue weighted by Crippen LogP contribution is -2.20. The summed E-state index contributed by atoms with van der Waals surface area (Å²) in [6, 6.07) is 0. The van der Waals surface area contributed by atoms with E-state index in [2.05, 4.69) is 15.5 Å². The van der Waals surface area contributed by atoms with E-state index in [4.69, 9.17) is 5.73 Å². The molecule has 0 radical (unpaired) electrons. The van der Waals surface area contributed by atoms with Crippen molar-refractivity contribution >= 4 is 11.6 Å². The molecule has 5 N–H and O–H groups in total. The summed E-state index contributed by atoms with van der Waals surface area (Å²) in [4.78, 5) is 21.5. The normalized spacial score (nSPS) is 9.55. The molecule has 0 saturated heterocycles. The van der Waals surface area contributed by atoms with Gasteiger partial charge in [0.05, 0.1) is 0 Å². The van der Waals surface area contributed by atoms with Crippen LogP contribution in [-0.4, -0.2) is 23.2 Å². The van der Waals surface area contributed by atoms with E-state index < -0.39 is 11.5 Å². The number of nitrogens with one attached hydrogen (secondary N) is 3. The molecule has 0 aliphatic carbocycles. The van der Waals surface area contributed by atoms with E-state index >= 15 is 0 Å². The molecule has 6 nitrogen and oxygen atoms in total. The summed E-state index contributed by atoms with van der Waals surface area (Å²) >= 11 is 0. The lowest BCUT2D eigenvalue weighted by molar-refractivity contribution is 0.0959. The van der Waals surface area contributed by atoms with Crippen molar-refractivity contribution in [1.82, 2.24) is 15.5 Å². The summed E-state index contributed by atoms with van der Waals surface area (Å²) in [6.07, 6.45) is 0. The van der Waals surface area contributed by atoms with Gasteiger partial charge in [0, 0.05) is 7.05 Å². The van der Waals surface area contributed by atoms with Gasteiger partial charge in [-0.3, -0.25) is 19.8 Å². The van der Waals surface area contributed by atoms with E-state index in [0.29, 0.717) is 0 Å². The number of hydrogen-bond acceptors (Lipinski definition) is 3. The first-order chi connectivity index (χ1) is 5.16. The van der Waals surface area contributed by atoms with Gasteiger partial charge in [0.1, 0.15) is 11.4 Å². The summed E-state index contributed by atoms with van der Waals surface area (Å²) < 4.78 is 0. The fourth-order valence-electron chi connectivity index (χ4n) is 0.672. The molecule has 11 heavy (non-hydrogen) atoms. The van der Waals surface area contributed by atoms with E-state index in [1.54, 1.807) is 0 Å². The Morgan fingerprint density at radius 3 is 2.55 bits per heavy atom. The SMILES string of the molecule is CNC(=O)c1[nH][nH]c(=O)c1N. The van der Waals surface area contributed by atoms with E-state index in [-0.39, 0.29) is 11.4 Å². The topological polar surface area (TPSA) is 104 Å². The number of nitrogen functional groups attached to an aromatic ring is 1. The van der Waals surface area contributed by atoms with Gasteiger partial charge in [-0.15, -0.1) is 0 Å². The number of carbonyl (C=O) groups excluding carboxylic acids is 1. The molecule has 1 aromatic rings. The van der Waals surface area contributed by atoms with E-state index in [0.717, 1.165) is 0 Å². The Labute approximate surface area is 61.8 Å². The quantitative estimate of drug-likeness (QED) is 0.404. The van der Waals surface area contributed by atoms with Crippen LogP contribution in [0.4, 0.5) is 5.69 Å². The van der Waals surface area contributed by atoms with Crippen LogP contribution in [0.25, 0.3) is 0 Å². The molecule has 6 heteroatoms. The molecule has 0 saturated carbocycles. The molecule has 0 unspecified atom stereocenters. The van der Waals surface area contributed by atoms with Crippen LogP contribution in [0.15, 0.2) is 4.79 Å². The minimum absolute atomic E-state index is 0.0671. The largest absolute Gasteiger partial charge is 0.392 e. The Morgan fingerprint density at radius 1 is 1.55 bits per heavy atom. The lowest BCUT2D eigenvalue weighted by Gasteiger charge is -1.93. The number of hydrogen-bond donors (Lipinski definition) is 4. The van der Waals surface area contributed by atoms with Crippen LogP contribution >= 0.6 is 0 Å². The second-order valence-electron chi connectivity index (χ2n) is 1.95. The fraction of sp³-hybridized carbons (Fsp3) is 0.200. The first-order valence-electron chi connectivity index (χ1n) is 2.95. The zero-order valence-electron chi connectivity index (χ0n) is 5.89. The molecule has 0 aliphatic heterocycles. The van der Waals surface area contributed by atoms with Crippen molar-refractivity contribution < 1.29 is 4.79 Å². The third kappa shape index (κ3) is 1.09. The average Bonchev–Trinajstić information content (AvgIpc) is 2.32. The first-order valence-corrected chi connectivity index (χ1v) is 2.95. The maximum atomic E-state index is 10.9. The van der Waals surface area contributed by atoms with Crippen molar-refractivity contribution in [2.45, 2.75) is 0 Å². The molecule has 1 amide bonds. The minimum Gasteiger partial charge on any atom is -0.392 e. The van der Waals surface area contributed by atoms with Crippen LogP contribution in [0.1, 0.15) is 10.5 Å². The van der Waals surface area contributed by atoms with Crippen molar-refractivity contribution in [2.75, 3.05) is 12.8 Å². The number of anilines is 1. The third-order valence-corrected chi connectivity index (χ3v) is 1.27. The highest BCUT2D eigenvalue weighted by Crippen LogP contribution is 1.98. The van der Waals surface area contributed by atoms with Gasteiger partial charge >= 0.3 is 0 Å². The smallest absolute Gasteiger partial charge is 0.287 e. The highest BCUT2D eigenvalue weighted by molar-refractivity contribution is 5.96. The molecule has 0 fully saturated rings. The summed E-state index contributed by atoms with van der Waals surface area (Å²) in [5.74, 6) is -0.416. The number of aromatic amines is 2. The van der Waals surface area contributed by atoms with Crippen LogP contribution in [0.3, 0.4) is 0 Å². The molecule has 0 aliphatic rings. The van der Waals surface area contributed by atoms with Crippen molar-refractivity contribution in [1.29, 1.82) is 0 Å². The number of carbonyl (C=O) groups is 1. The number of rotatable bonds is 1. The second-order valence-corrected chi connectivity index (χ2v) is 1.95. The van der Waals surface area contributed by atoms with E-state index in [1.807, 2.05) is 0 Å². The summed E-state index contributed by atoms with van der Waals surface area (Å²) in [6.45, 7) is 0. The van der Waals surface area contributed by atoms with Gasteiger partial charge in [0.2, 0.25) is 0 Å². The maximum absolute atomic E-state index is 10.9. The predicted molar refractivity (Wildman–Crippen MR) is 39.2 cm³/mol. The minimum atomic E-state index is -0.483. The van der Waals surface area contributed by atoms with Crippen molar-refractivity contribution in [3.63, 3.8) is 0 Å². The Bertz CT molecular complexity index is 323. The van der Waals surface area contributed by atoms with Crippen LogP contribution in [0.2, 0.25) is 0 Å². The van der Waals surface area contributed by atoms with Crippen molar-refractivity contribution in [3.05, 3.63) is 16.0 Å². The molecule has 1 aromatic heterocycles. The molecular formula is C5H8N4O2. The van der Waals surface area contributed by atoms with Crippen LogP contribution in [0.5, 0.6) is 0 Å². The van der Waals surface area contributed by atoms with Gasteiger partial charge in [-0.2, -0.15) is 0 Å². The fourth-order valence-corrected chi connectivity index (χ4v) is 0.672. The Kier molecular flexibility index (Phi) is 1.67. The predicted octanol–water partition coefficient (Wildman–Crippen LogP) is -1.36. The van der Waals surface area contributed by atoms with Crippen molar-refractivity contribution in [3.8, 4) is 0 Å². The number of H-pyrrole nitrogens is 2. The summed E-state index contributed by atoms with van der Waals surface area (Å²) in [7, 11) is 1.45. The van der Waals surface area contributed by atoms with Crippen molar-refractivity contribution in [2.24, 2.45) is 0 Å². The highest BCUT2D eigenvalue weighted by Gasteiger charge is 2.11. The van der Waals surface area contributed by atoms with Gasteiger partial charge in [0.25, 0.3) is 11.5 Å². The molecule has 1 rings (SSSR count). The van der Waals surface area contributed by atoms with Gasteiger partial charge in [0.15, 0.2) is 0 Å². The van der Waals surface area contributed by atoms with Crippen LogP contribution in [-0.2, 0) is 0 Å². The molecular weight excluding hydrogens is 148 g/mol. The number of amides is 1. The molecule has 0 spiro atoms. The first kappa shape index (κ1) is 7.39. The van der Waals surface area contributed by atoms with Gasteiger partial charge < -0.3 is 11.1 Å².